The van der Waals surface area contributed by atoms with Crippen LogP contribution in [0.15, 0.2) is 0 Å². The zero-order valence-electron chi connectivity index (χ0n) is 18.1. The first-order valence-corrected chi connectivity index (χ1v) is 9.92. The van der Waals surface area contributed by atoms with Crippen LogP contribution in [-0.2, 0) is 9.59 Å². The zero-order chi connectivity index (χ0) is 22.4. The van der Waals surface area contributed by atoms with Gasteiger partial charge in [0, 0.05) is 6.54 Å². The summed E-state index contributed by atoms with van der Waals surface area (Å²) in [6.07, 6.45) is -2.77. The lowest BCUT2D eigenvalue weighted by Crippen LogP contribution is -2.54. The van der Waals surface area contributed by atoms with E-state index in [4.69, 9.17) is 0 Å². The van der Waals surface area contributed by atoms with Gasteiger partial charge in [0.15, 0.2) is 0 Å². The monoisotopic (exact) mass is 419 g/mol. The number of imide groups is 1. The summed E-state index contributed by atoms with van der Waals surface area (Å²) >= 11 is 0. The fourth-order valence-corrected chi connectivity index (χ4v) is 4.91. The van der Waals surface area contributed by atoms with Crippen LogP contribution in [-0.4, -0.2) is 59.0 Å². The van der Waals surface area contributed by atoms with E-state index in [1.165, 1.54) is 0 Å². The number of halogens is 3. The molecule has 166 valence electrons. The highest BCUT2D eigenvalue weighted by atomic mass is 19.4. The van der Waals surface area contributed by atoms with Gasteiger partial charge in [-0.05, 0) is 36.0 Å². The lowest BCUT2D eigenvalue weighted by atomic mass is 9.64. The Hall–Kier alpha value is -1.80. The third-order valence-electron chi connectivity index (χ3n) is 5.31. The van der Waals surface area contributed by atoms with Gasteiger partial charge < -0.3 is 10.2 Å². The van der Waals surface area contributed by atoms with Crippen LogP contribution in [0.4, 0.5) is 18.0 Å². The summed E-state index contributed by atoms with van der Waals surface area (Å²) in [7, 11) is 0. The molecule has 29 heavy (non-hydrogen) atoms. The Kier molecular flexibility index (Phi) is 6.05. The molecule has 2 aliphatic rings. The maximum atomic E-state index is 13.1. The van der Waals surface area contributed by atoms with Crippen LogP contribution in [0.5, 0.6) is 0 Å². The summed E-state index contributed by atoms with van der Waals surface area (Å²) in [5, 5.41) is 2.74. The summed E-state index contributed by atoms with van der Waals surface area (Å²) in [4.78, 5) is 39.7. The van der Waals surface area contributed by atoms with Gasteiger partial charge in [0.25, 0.3) is 5.91 Å². The average molecular weight is 419 g/mol. The Morgan fingerprint density at radius 3 is 2.24 bits per heavy atom. The predicted octanol–water partition coefficient (Wildman–Crippen LogP) is 3.56. The molecule has 2 atom stereocenters. The van der Waals surface area contributed by atoms with E-state index in [0.717, 1.165) is 11.3 Å². The Labute approximate surface area is 170 Å². The molecule has 0 aromatic carbocycles. The maximum absolute atomic E-state index is 13.1. The van der Waals surface area contributed by atoms with Crippen molar-refractivity contribution in [1.82, 2.24) is 15.1 Å². The summed E-state index contributed by atoms with van der Waals surface area (Å²) < 4.78 is 38.9. The van der Waals surface area contributed by atoms with Crippen molar-refractivity contribution in [2.75, 3.05) is 19.6 Å². The Balaban J connectivity index is 2.20. The van der Waals surface area contributed by atoms with Crippen LogP contribution >= 0.6 is 0 Å². The minimum Gasteiger partial charge on any atom is -0.332 e. The Bertz CT molecular complexity index is 669. The lowest BCUT2D eigenvalue weighted by Gasteiger charge is -2.43. The Morgan fingerprint density at radius 1 is 1.17 bits per heavy atom. The van der Waals surface area contributed by atoms with Gasteiger partial charge in [-0.15, -0.1) is 0 Å². The van der Waals surface area contributed by atoms with Crippen LogP contribution in [0.25, 0.3) is 0 Å². The van der Waals surface area contributed by atoms with E-state index in [1.54, 1.807) is 20.8 Å². The van der Waals surface area contributed by atoms with Crippen molar-refractivity contribution in [3.8, 4) is 0 Å². The van der Waals surface area contributed by atoms with Gasteiger partial charge in [-0.3, -0.25) is 14.5 Å². The molecule has 2 rings (SSSR count). The van der Waals surface area contributed by atoms with E-state index >= 15 is 0 Å². The first-order chi connectivity index (χ1) is 12.9. The summed E-state index contributed by atoms with van der Waals surface area (Å²) in [5.74, 6) is -1.21. The number of hydrogen-bond acceptors (Lipinski definition) is 3. The Morgan fingerprint density at radius 2 is 1.76 bits per heavy atom. The van der Waals surface area contributed by atoms with Crippen molar-refractivity contribution >= 4 is 17.8 Å². The van der Waals surface area contributed by atoms with E-state index in [1.807, 2.05) is 20.8 Å². The van der Waals surface area contributed by atoms with Gasteiger partial charge >= 0.3 is 12.2 Å². The minimum atomic E-state index is -4.57. The number of hydrogen-bond donors (Lipinski definition) is 1. The number of carbonyl (C=O) groups excluding carboxylic acids is 3. The van der Waals surface area contributed by atoms with Crippen LogP contribution in [0.2, 0.25) is 0 Å². The first kappa shape index (κ1) is 23.5. The normalized spacial score (nSPS) is 27.3. The first-order valence-electron chi connectivity index (χ1n) is 9.92. The van der Waals surface area contributed by atoms with Crippen LogP contribution in [0.3, 0.4) is 0 Å². The molecule has 1 N–H and O–H groups in total. The van der Waals surface area contributed by atoms with Crippen molar-refractivity contribution in [3.63, 3.8) is 0 Å². The van der Waals surface area contributed by atoms with Gasteiger partial charge in [-0.1, -0.05) is 41.5 Å². The molecule has 2 unspecified atom stereocenters. The molecular weight excluding hydrogens is 387 g/mol. The van der Waals surface area contributed by atoms with Crippen molar-refractivity contribution in [3.05, 3.63) is 0 Å². The smallest absolute Gasteiger partial charge is 0.332 e. The molecule has 0 radical (unpaired) electrons. The third kappa shape index (κ3) is 5.85. The number of rotatable bonds is 4. The summed E-state index contributed by atoms with van der Waals surface area (Å²) in [6, 6.07) is -0.712. The molecule has 9 heteroatoms. The van der Waals surface area contributed by atoms with Gasteiger partial charge in [0.1, 0.15) is 18.6 Å². The molecule has 1 aliphatic heterocycles. The van der Waals surface area contributed by atoms with Gasteiger partial charge in [0.2, 0.25) is 5.91 Å². The quantitative estimate of drug-likeness (QED) is 0.709. The highest BCUT2D eigenvalue weighted by molar-refractivity contribution is 6.09. The molecule has 4 amide bonds. The fraction of sp³-hybridized carbons (Fsp3) is 0.850. The van der Waals surface area contributed by atoms with Crippen molar-refractivity contribution in [2.24, 2.45) is 16.7 Å². The molecular formula is C20H32F3N3O3. The van der Waals surface area contributed by atoms with Gasteiger partial charge in [0.05, 0.1) is 0 Å². The van der Waals surface area contributed by atoms with E-state index in [2.05, 4.69) is 5.32 Å². The highest BCUT2D eigenvalue weighted by Gasteiger charge is 2.56. The molecule has 2 fully saturated rings. The van der Waals surface area contributed by atoms with E-state index in [0.29, 0.717) is 17.7 Å². The number of carbonyl (C=O) groups is 3. The second kappa shape index (κ2) is 7.47. The number of nitrogens with zero attached hydrogens (tertiary/aromatic N) is 2. The van der Waals surface area contributed by atoms with Gasteiger partial charge in [-0.25, -0.2) is 4.79 Å². The number of amides is 4. The molecule has 1 aliphatic carbocycles. The molecule has 1 saturated heterocycles. The largest absolute Gasteiger partial charge is 0.406 e. The lowest BCUT2D eigenvalue weighted by molar-refractivity contribution is -0.164. The van der Waals surface area contributed by atoms with Crippen molar-refractivity contribution < 1.29 is 27.6 Å². The average Bonchev–Trinajstić information content (AvgIpc) is 2.65. The zero-order valence-corrected chi connectivity index (χ0v) is 18.1. The molecule has 0 aromatic heterocycles. The molecule has 6 nitrogen and oxygen atoms in total. The summed E-state index contributed by atoms with van der Waals surface area (Å²) in [5.41, 5.74) is -1.82. The fourth-order valence-electron chi connectivity index (χ4n) is 4.91. The molecule has 0 bridgehead atoms. The van der Waals surface area contributed by atoms with E-state index in [-0.39, 0.29) is 17.9 Å². The van der Waals surface area contributed by atoms with Crippen molar-refractivity contribution in [1.29, 1.82) is 0 Å². The predicted molar refractivity (Wildman–Crippen MR) is 102 cm³/mol. The highest BCUT2D eigenvalue weighted by Crippen LogP contribution is 2.46. The number of alkyl halides is 3. The summed E-state index contributed by atoms with van der Waals surface area (Å²) in [6.45, 7) is 8.97. The standard InChI is InChI=1S/C20H32F3N3O3/c1-13-7-18(5,6)10-19(8-13)15(28)26(16(29)24-19)9-14(27)25(11-17(2,3)4)12-20(21,22)23/h13H,7-12H2,1-6H3,(H,24,29). The molecule has 0 aromatic rings. The van der Waals surface area contributed by atoms with Crippen LogP contribution in [0, 0.1) is 16.7 Å². The maximum Gasteiger partial charge on any atom is 0.406 e. The second-order valence-corrected chi connectivity index (χ2v) is 10.7. The minimum absolute atomic E-state index is 0.135. The molecule has 1 heterocycles. The number of urea groups is 1. The van der Waals surface area contributed by atoms with Gasteiger partial charge in [-0.2, -0.15) is 13.2 Å². The second-order valence-electron chi connectivity index (χ2n) is 10.7. The number of nitrogens with one attached hydrogen (secondary N) is 1. The van der Waals surface area contributed by atoms with Crippen LogP contribution in [0.1, 0.15) is 60.8 Å². The molecule has 1 saturated carbocycles. The third-order valence-corrected chi connectivity index (χ3v) is 5.31. The van der Waals surface area contributed by atoms with Crippen molar-refractivity contribution in [2.45, 2.75) is 72.5 Å². The van der Waals surface area contributed by atoms with Crippen LogP contribution < -0.4 is 5.32 Å². The van der Waals surface area contributed by atoms with E-state index < -0.39 is 48.1 Å². The molecule has 1 spiro atoms. The van der Waals surface area contributed by atoms with E-state index in [9.17, 15) is 27.6 Å². The SMILES string of the molecule is CC1CC(C)(C)CC2(C1)NC(=O)N(CC(=O)N(CC(C)(C)C)CC(F)(F)F)C2=O. The topological polar surface area (TPSA) is 69.7 Å².